The zero-order valence-electron chi connectivity index (χ0n) is 21.9. The third-order valence-corrected chi connectivity index (χ3v) is 8.74. The van der Waals surface area contributed by atoms with Gasteiger partial charge in [0.25, 0.3) is 22.0 Å². The summed E-state index contributed by atoms with van der Waals surface area (Å²) < 4.78 is 68.0. The SMILES string of the molecule is N#CCC1(n2cc(-c3ncnc4c3ccn4CO)c(N3C(=O)c4ccccc4C3=O)n2)CN(S(=O)(=O)NCC(F)(F)F)C1. The lowest BCUT2D eigenvalue weighted by atomic mass is 9.89. The van der Waals surface area contributed by atoms with E-state index in [0.717, 1.165) is 9.21 Å². The number of fused-ring (bicyclic) bond motifs is 2. The maximum absolute atomic E-state index is 13.5. The van der Waals surface area contributed by atoms with Gasteiger partial charge in [-0.25, -0.2) is 14.9 Å². The Morgan fingerprint density at radius 2 is 1.74 bits per heavy atom. The summed E-state index contributed by atoms with van der Waals surface area (Å²) in [6.07, 6.45) is -0.919. The average Bonchev–Trinajstić information content (AvgIpc) is 3.64. The number of aliphatic hydroxyl groups excluding tert-OH is 1. The third-order valence-electron chi connectivity index (χ3n) is 7.29. The number of aliphatic hydroxyl groups is 1. The highest BCUT2D eigenvalue weighted by atomic mass is 32.2. The van der Waals surface area contributed by atoms with E-state index in [2.05, 4.69) is 15.1 Å². The van der Waals surface area contributed by atoms with Crippen LogP contribution in [0.2, 0.25) is 0 Å². The van der Waals surface area contributed by atoms with Crippen molar-refractivity contribution < 1.29 is 36.3 Å². The number of hydrogen-bond donors (Lipinski definition) is 2. The number of nitrogens with zero attached hydrogens (tertiary/aromatic N) is 8. The van der Waals surface area contributed by atoms with Crippen LogP contribution in [0, 0.1) is 11.3 Å². The Balaban J connectivity index is 1.46. The molecule has 6 rings (SSSR count). The summed E-state index contributed by atoms with van der Waals surface area (Å²) in [6, 6.07) is 9.72. The van der Waals surface area contributed by atoms with Crippen molar-refractivity contribution in [1.29, 1.82) is 5.26 Å². The van der Waals surface area contributed by atoms with E-state index in [4.69, 9.17) is 0 Å². The van der Waals surface area contributed by atoms with Gasteiger partial charge in [-0.05, 0) is 18.2 Å². The van der Waals surface area contributed by atoms with Crippen LogP contribution in [0.5, 0.6) is 0 Å². The number of nitriles is 1. The minimum atomic E-state index is -4.78. The lowest BCUT2D eigenvalue weighted by Gasteiger charge is -2.47. The number of imide groups is 1. The molecule has 1 aromatic carbocycles. The van der Waals surface area contributed by atoms with Gasteiger partial charge >= 0.3 is 6.18 Å². The molecule has 43 heavy (non-hydrogen) atoms. The van der Waals surface area contributed by atoms with E-state index in [1.165, 1.54) is 38.6 Å². The van der Waals surface area contributed by atoms with Gasteiger partial charge < -0.3 is 9.67 Å². The number of rotatable bonds is 8. The fraction of sp³-hybridized carbons (Fsp3) is 0.280. The molecule has 0 aliphatic carbocycles. The summed E-state index contributed by atoms with van der Waals surface area (Å²) in [7, 11) is -4.56. The van der Waals surface area contributed by atoms with Crippen LogP contribution in [0.15, 0.2) is 49.1 Å². The molecule has 4 aromatic rings. The first-order chi connectivity index (χ1) is 20.4. The minimum Gasteiger partial charge on any atom is -0.376 e. The number of halogens is 3. The number of carbonyl (C=O) groups is 2. The third kappa shape index (κ3) is 4.62. The zero-order chi connectivity index (χ0) is 30.7. The largest absolute Gasteiger partial charge is 0.402 e. The molecule has 2 N–H and O–H groups in total. The van der Waals surface area contributed by atoms with Crippen LogP contribution in [-0.2, 0) is 22.5 Å². The van der Waals surface area contributed by atoms with Crippen LogP contribution in [-0.4, -0.2) is 79.8 Å². The molecule has 0 atom stereocenters. The summed E-state index contributed by atoms with van der Waals surface area (Å²) in [6.45, 7) is -3.01. The van der Waals surface area contributed by atoms with Crippen molar-refractivity contribution in [3.05, 3.63) is 60.2 Å². The van der Waals surface area contributed by atoms with Gasteiger partial charge in [0.2, 0.25) is 0 Å². The summed E-state index contributed by atoms with van der Waals surface area (Å²) in [4.78, 5) is 36.3. The Morgan fingerprint density at radius 1 is 1.07 bits per heavy atom. The zero-order valence-corrected chi connectivity index (χ0v) is 22.7. The quantitative estimate of drug-likeness (QED) is 0.277. The van der Waals surface area contributed by atoms with E-state index in [1.807, 2.05) is 6.07 Å². The van der Waals surface area contributed by atoms with Gasteiger partial charge in [-0.1, -0.05) is 12.1 Å². The second-order valence-corrected chi connectivity index (χ2v) is 11.7. The van der Waals surface area contributed by atoms with E-state index in [0.29, 0.717) is 11.0 Å². The molecule has 222 valence electrons. The van der Waals surface area contributed by atoms with Gasteiger partial charge in [-0.2, -0.15) is 41.0 Å². The predicted molar refractivity (Wildman–Crippen MR) is 141 cm³/mol. The number of anilines is 1. The number of alkyl halides is 3. The van der Waals surface area contributed by atoms with Crippen LogP contribution in [0.4, 0.5) is 19.0 Å². The van der Waals surface area contributed by atoms with Gasteiger partial charge in [0.1, 0.15) is 30.8 Å². The molecule has 0 bridgehead atoms. The lowest BCUT2D eigenvalue weighted by Crippen LogP contribution is -2.66. The Morgan fingerprint density at radius 3 is 2.35 bits per heavy atom. The second kappa shape index (κ2) is 9.95. The molecule has 3 aromatic heterocycles. The van der Waals surface area contributed by atoms with Crippen molar-refractivity contribution in [1.82, 2.24) is 33.3 Å². The number of carbonyl (C=O) groups excluding carboxylic acids is 2. The molecule has 1 saturated heterocycles. The molecular formula is C25H20F3N9O5S. The molecule has 1 fully saturated rings. The van der Waals surface area contributed by atoms with Crippen molar-refractivity contribution in [2.24, 2.45) is 0 Å². The van der Waals surface area contributed by atoms with E-state index in [9.17, 15) is 41.5 Å². The van der Waals surface area contributed by atoms with Crippen LogP contribution < -0.4 is 9.62 Å². The predicted octanol–water partition coefficient (Wildman–Crippen LogP) is 1.37. The fourth-order valence-electron chi connectivity index (χ4n) is 5.18. The van der Waals surface area contributed by atoms with Gasteiger partial charge in [0.15, 0.2) is 5.82 Å². The minimum absolute atomic E-state index is 0.135. The highest BCUT2D eigenvalue weighted by molar-refractivity contribution is 7.87. The Bertz CT molecular complexity index is 1910. The van der Waals surface area contributed by atoms with Crippen molar-refractivity contribution in [2.45, 2.75) is 24.9 Å². The Hall–Kier alpha value is -4.70. The molecule has 2 aliphatic heterocycles. The number of amides is 2. The van der Waals surface area contributed by atoms with E-state index < -0.39 is 60.1 Å². The lowest BCUT2D eigenvalue weighted by molar-refractivity contribution is -0.121. The fourth-order valence-corrected chi connectivity index (χ4v) is 6.53. The van der Waals surface area contributed by atoms with Crippen molar-refractivity contribution in [3.63, 3.8) is 0 Å². The topological polar surface area (TPSA) is 179 Å². The highest BCUT2D eigenvalue weighted by Crippen LogP contribution is 2.41. The van der Waals surface area contributed by atoms with Gasteiger partial charge in [-0.3, -0.25) is 14.3 Å². The first-order valence-corrected chi connectivity index (χ1v) is 14.0. The normalized spacial score (nSPS) is 16.9. The average molecular weight is 616 g/mol. The molecule has 18 heteroatoms. The smallest absolute Gasteiger partial charge is 0.376 e. The molecule has 2 aliphatic rings. The Kier molecular flexibility index (Phi) is 6.57. The first kappa shape index (κ1) is 28.4. The second-order valence-electron chi connectivity index (χ2n) is 9.96. The van der Waals surface area contributed by atoms with Crippen LogP contribution in [0.1, 0.15) is 27.1 Å². The molecule has 2 amide bonds. The van der Waals surface area contributed by atoms with E-state index in [1.54, 1.807) is 24.4 Å². The van der Waals surface area contributed by atoms with Crippen LogP contribution in [0.3, 0.4) is 0 Å². The summed E-state index contributed by atoms with van der Waals surface area (Å²) in [5, 5.41) is 24.3. The summed E-state index contributed by atoms with van der Waals surface area (Å²) >= 11 is 0. The number of hydrogen-bond acceptors (Lipinski definition) is 9. The van der Waals surface area contributed by atoms with Crippen molar-refractivity contribution >= 4 is 38.9 Å². The van der Waals surface area contributed by atoms with Gasteiger partial charge in [0.05, 0.1) is 34.9 Å². The molecular weight excluding hydrogens is 595 g/mol. The standard InChI is InChI=1S/C25H20F3N9O5S/c26-25(27,28)10-32-43(41,42)35-11-24(12-35,6-7-29)36-9-18(19-17-5-8-34(14-38)20(17)31-13-30-19)21(33-36)37-22(39)15-3-1-2-4-16(15)23(37)40/h1-5,8-9,13,32,38H,6,10-12,14H2. The first-order valence-electron chi connectivity index (χ1n) is 12.6. The number of benzene rings is 1. The maximum Gasteiger partial charge on any atom is 0.402 e. The highest BCUT2D eigenvalue weighted by Gasteiger charge is 2.52. The molecule has 0 radical (unpaired) electrons. The number of nitrogens with one attached hydrogen (secondary N) is 1. The summed E-state index contributed by atoms with van der Waals surface area (Å²) in [5.74, 6) is -1.50. The number of aromatic nitrogens is 5. The molecule has 0 spiro atoms. The molecule has 14 nitrogen and oxygen atoms in total. The summed E-state index contributed by atoms with van der Waals surface area (Å²) in [5.41, 5.74) is -0.372. The van der Waals surface area contributed by atoms with Crippen LogP contribution >= 0.6 is 0 Å². The Labute approximate surface area is 240 Å². The van der Waals surface area contributed by atoms with Gasteiger partial charge in [-0.15, -0.1) is 0 Å². The maximum atomic E-state index is 13.5. The van der Waals surface area contributed by atoms with Crippen LogP contribution in [0.25, 0.3) is 22.3 Å². The molecule has 0 unspecified atom stereocenters. The monoisotopic (exact) mass is 615 g/mol. The van der Waals surface area contributed by atoms with E-state index in [-0.39, 0.29) is 34.6 Å². The van der Waals surface area contributed by atoms with Crippen molar-refractivity contribution in [3.8, 4) is 17.3 Å². The van der Waals surface area contributed by atoms with Gasteiger partial charge in [0, 0.05) is 30.9 Å². The molecule has 5 heterocycles. The van der Waals surface area contributed by atoms with E-state index >= 15 is 0 Å². The molecule has 0 saturated carbocycles. The van der Waals surface area contributed by atoms with Crippen molar-refractivity contribution in [2.75, 3.05) is 24.5 Å².